The van der Waals surface area contributed by atoms with Gasteiger partial charge in [-0.05, 0) is 44.0 Å². The van der Waals surface area contributed by atoms with Gasteiger partial charge in [-0.1, -0.05) is 11.6 Å². The molecule has 1 aliphatic heterocycles. The number of benzene rings is 1. The van der Waals surface area contributed by atoms with Gasteiger partial charge in [0.2, 0.25) is 5.91 Å². The van der Waals surface area contributed by atoms with Gasteiger partial charge in [0.25, 0.3) is 0 Å². The first-order valence-corrected chi connectivity index (χ1v) is 8.66. The molecule has 1 aliphatic rings. The van der Waals surface area contributed by atoms with Crippen LogP contribution in [0.4, 0.5) is 10.5 Å². The van der Waals surface area contributed by atoms with E-state index in [0.29, 0.717) is 43.7 Å². The molecule has 0 aromatic heterocycles. The number of amides is 2. The minimum absolute atomic E-state index is 0.0335. The number of ether oxygens (including phenoxy) is 1. The Bertz CT molecular complexity index is 543. The van der Waals surface area contributed by atoms with Crippen LogP contribution in [-0.4, -0.2) is 49.2 Å². The maximum Gasteiger partial charge on any atom is 0.409 e. The summed E-state index contributed by atoms with van der Waals surface area (Å²) in [5, 5.41) is 6.86. The Morgan fingerprint density at radius 2 is 1.92 bits per heavy atom. The van der Waals surface area contributed by atoms with Crippen LogP contribution in [-0.2, 0) is 9.53 Å². The maximum absolute atomic E-state index is 11.9. The number of likely N-dealkylation sites (tertiary alicyclic amines) is 1. The van der Waals surface area contributed by atoms with Gasteiger partial charge in [0.15, 0.2) is 0 Å². The van der Waals surface area contributed by atoms with E-state index >= 15 is 0 Å². The van der Waals surface area contributed by atoms with E-state index in [1.165, 1.54) is 0 Å². The summed E-state index contributed by atoms with van der Waals surface area (Å²) in [7, 11) is 0. The average molecular weight is 354 g/mol. The summed E-state index contributed by atoms with van der Waals surface area (Å²) < 4.78 is 5.00. The van der Waals surface area contributed by atoms with Gasteiger partial charge >= 0.3 is 6.09 Å². The molecule has 1 aromatic rings. The Labute approximate surface area is 147 Å². The van der Waals surface area contributed by atoms with Crippen LogP contribution < -0.4 is 10.6 Å². The Morgan fingerprint density at radius 3 is 2.54 bits per heavy atom. The van der Waals surface area contributed by atoms with Crippen LogP contribution in [0, 0.1) is 0 Å². The van der Waals surface area contributed by atoms with Crippen molar-refractivity contribution in [3.63, 3.8) is 0 Å². The third-order valence-electron chi connectivity index (χ3n) is 3.93. The van der Waals surface area contributed by atoms with Gasteiger partial charge in [-0.15, -0.1) is 0 Å². The summed E-state index contributed by atoms with van der Waals surface area (Å²) >= 11 is 5.81. The van der Waals surface area contributed by atoms with Crippen LogP contribution in [0.2, 0.25) is 5.02 Å². The lowest BCUT2D eigenvalue weighted by atomic mass is 10.1. The van der Waals surface area contributed by atoms with E-state index in [-0.39, 0.29) is 12.0 Å². The monoisotopic (exact) mass is 353 g/mol. The molecule has 0 spiro atoms. The van der Waals surface area contributed by atoms with Gasteiger partial charge in [-0.3, -0.25) is 4.79 Å². The van der Waals surface area contributed by atoms with E-state index in [0.717, 1.165) is 18.5 Å². The normalized spacial score (nSPS) is 15.2. The zero-order chi connectivity index (χ0) is 17.4. The molecule has 1 heterocycles. The lowest BCUT2D eigenvalue weighted by Crippen LogP contribution is -2.45. The standard InChI is InChI=1S/C17H24ClN3O3/c1-2-24-17(23)21-11-8-14(9-12-21)19-10-7-16(22)20-15-5-3-13(18)4-6-15/h3-6,14,19H,2,7-12H2,1H3,(H,20,22). The van der Waals surface area contributed by atoms with Crippen molar-refractivity contribution in [1.82, 2.24) is 10.2 Å². The van der Waals surface area contributed by atoms with Crippen molar-refractivity contribution in [2.75, 3.05) is 31.6 Å². The molecule has 2 amide bonds. The van der Waals surface area contributed by atoms with E-state index in [2.05, 4.69) is 10.6 Å². The first kappa shape index (κ1) is 18.5. The van der Waals surface area contributed by atoms with Gasteiger partial charge < -0.3 is 20.3 Å². The van der Waals surface area contributed by atoms with Crippen molar-refractivity contribution in [3.05, 3.63) is 29.3 Å². The predicted molar refractivity (Wildman–Crippen MR) is 94.3 cm³/mol. The molecule has 0 bridgehead atoms. The molecule has 2 N–H and O–H groups in total. The minimum atomic E-state index is -0.238. The van der Waals surface area contributed by atoms with Crippen molar-refractivity contribution < 1.29 is 14.3 Å². The third kappa shape index (κ3) is 6.02. The van der Waals surface area contributed by atoms with Gasteiger partial charge in [-0.2, -0.15) is 0 Å². The van der Waals surface area contributed by atoms with Gasteiger partial charge in [0.1, 0.15) is 0 Å². The highest BCUT2D eigenvalue weighted by atomic mass is 35.5. The molecule has 1 saturated heterocycles. The highest BCUT2D eigenvalue weighted by Crippen LogP contribution is 2.14. The SMILES string of the molecule is CCOC(=O)N1CCC(NCCC(=O)Nc2ccc(Cl)cc2)CC1. The van der Waals surface area contributed by atoms with Crippen molar-refractivity contribution in [2.24, 2.45) is 0 Å². The number of hydrogen-bond donors (Lipinski definition) is 2. The number of hydrogen-bond acceptors (Lipinski definition) is 4. The molecule has 0 saturated carbocycles. The highest BCUT2D eigenvalue weighted by Gasteiger charge is 2.23. The topological polar surface area (TPSA) is 70.7 Å². The number of piperidine rings is 1. The predicted octanol–water partition coefficient (Wildman–Crippen LogP) is 2.88. The Morgan fingerprint density at radius 1 is 1.25 bits per heavy atom. The fourth-order valence-electron chi connectivity index (χ4n) is 2.63. The van der Waals surface area contributed by atoms with E-state index in [9.17, 15) is 9.59 Å². The Balaban J connectivity index is 1.62. The second-order valence-electron chi connectivity index (χ2n) is 5.72. The van der Waals surface area contributed by atoms with E-state index in [1.807, 2.05) is 0 Å². The molecule has 0 atom stereocenters. The zero-order valence-electron chi connectivity index (χ0n) is 13.9. The number of halogens is 1. The summed E-state index contributed by atoms with van der Waals surface area (Å²) in [6.07, 6.45) is 1.91. The molecule has 6 nitrogen and oxygen atoms in total. The van der Waals surface area contributed by atoms with Gasteiger partial charge in [0.05, 0.1) is 6.61 Å². The smallest absolute Gasteiger partial charge is 0.409 e. The first-order chi connectivity index (χ1) is 11.6. The van der Waals surface area contributed by atoms with E-state index < -0.39 is 0 Å². The van der Waals surface area contributed by atoms with Crippen LogP contribution >= 0.6 is 11.6 Å². The number of anilines is 1. The largest absolute Gasteiger partial charge is 0.450 e. The lowest BCUT2D eigenvalue weighted by molar-refractivity contribution is -0.116. The fourth-order valence-corrected chi connectivity index (χ4v) is 2.75. The molecular formula is C17H24ClN3O3. The number of nitrogens with one attached hydrogen (secondary N) is 2. The number of carbonyl (C=O) groups is 2. The summed E-state index contributed by atoms with van der Waals surface area (Å²) in [5.74, 6) is -0.0335. The highest BCUT2D eigenvalue weighted by molar-refractivity contribution is 6.30. The third-order valence-corrected chi connectivity index (χ3v) is 4.19. The van der Waals surface area contributed by atoms with Crippen LogP contribution in [0.25, 0.3) is 0 Å². The molecule has 132 valence electrons. The number of carbonyl (C=O) groups excluding carboxylic acids is 2. The molecule has 24 heavy (non-hydrogen) atoms. The minimum Gasteiger partial charge on any atom is -0.450 e. The Kier molecular flexibility index (Phi) is 7.34. The molecule has 1 fully saturated rings. The van der Waals surface area contributed by atoms with Crippen molar-refractivity contribution >= 4 is 29.3 Å². The molecule has 0 unspecified atom stereocenters. The van der Waals surface area contributed by atoms with Crippen molar-refractivity contribution in [2.45, 2.75) is 32.2 Å². The summed E-state index contributed by atoms with van der Waals surface area (Å²) in [6, 6.07) is 7.37. The lowest BCUT2D eigenvalue weighted by Gasteiger charge is -2.31. The molecule has 1 aromatic carbocycles. The summed E-state index contributed by atoms with van der Waals surface area (Å²) in [5.41, 5.74) is 0.743. The van der Waals surface area contributed by atoms with Gasteiger partial charge in [0, 0.05) is 42.8 Å². The quantitative estimate of drug-likeness (QED) is 0.825. The fraction of sp³-hybridized carbons (Fsp3) is 0.529. The van der Waals surface area contributed by atoms with E-state index in [4.69, 9.17) is 16.3 Å². The second-order valence-corrected chi connectivity index (χ2v) is 6.16. The van der Waals surface area contributed by atoms with Crippen molar-refractivity contribution in [3.8, 4) is 0 Å². The van der Waals surface area contributed by atoms with Crippen LogP contribution in [0.5, 0.6) is 0 Å². The second kappa shape index (κ2) is 9.49. The number of rotatable bonds is 6. The molecule has 2 rings (SSSR count). The zero-order valence-corrected chi connectivity index (χ0v) is 14.6. The average Bonchev–Trinajstić information content (AvgIpc) is 2.58. The molecular weight excluding hydrogens is 330 g/mol. The maximum atomic E-state index is 11.9. The molecule has 0 radical (unpaired) electrons. The Hall–Kier alpha value is -1.79. The van der Waals surface area contributed by atoms with Crippen molar-refractivity contribution in [1.29, 1.82) is 0 Å². The van der Waals surface area contributed by atoms with Gasteiger partial charge in [-0.25, -0.2) is 4.79 Å². The van der Waals surface area contributed by atoms with Crippen LogP contribution in [0.3, 0.4) is 0 Å². The van der Waals surface area contributed by atoms with Crippen LogP contribution in [0.15, 0.2) is 24.3 Å². The molecule has 7 heteroatoms. The first-order valence-electron chi connectivity index (χ1n) is 8.29. The summed E-state index contributed by atoms with van der Waals surface area (Å²) in [4.78, 5) is 25.3. The molecule has 0 aliphatic carbocycles. The summed E-state index contributed by atoms with van der Waals surface area (Å²) in [6.45, 7) is 4.20. The van der Waals surface area contributed by atoms with Crippen LogP contribution in [0.1, 0.15) is 26.2 Å². The number of nitrogens with zero attached hydrogens (tertiary/aromatic N) is 1. The van der Waals surface area contributed by atoms with E-state index in [1.54, 1.807) is 36.1 Å².